The molecule has 0 aromatic carbocycles. The lowest BCUT2D eigenvalue weighted by molar-refractivity contribution is -0.131. The molecule has 0 spiro atoms. The molecule has 2 rings (SSSR count). The summed E-state index contributed by atoms with van der Waals surface area (Å²) in [6, 6.07) is 0. The molecule has 3 N–H and O–H groups in total. The SMILES string of the molecule is CS(=O)(=O)c1cn[nH]c1C[C@H]1CCCN(C(=O)CN)C1. The first-order valence-electron chi connectivity index (χ1n) is 6.62. The minimum atomic E-state index is -3.27. The Balaban J connectivity index is 2.07. The van der Waals surface area contributed by atoms with Gasteiger partial charge in [-0.1, -0.05) is 0 Å². The number of nitrogens with zero attached hydrogens (tertiary/aromatic N) is 2. The minimum Gasteiger partial charge on any atom is -0.341 e. The maximum absolute atomic E-state index is 11.6. The average molecular weight is 300 g/mol. The fraction of sp³-hybridized carbons (Fsp3) is 0.667. The molecule has 1 saturated heterocycles. The minimum absolute atomic E-state index is 0.0192. The first-order valence-corrected chi connectivity index (χ1v) is 8.51. The number of sulfone groups is 1. The molecule has 1 aliphatic heterocycles. The molecule has 8 heteroatoms. The van der Waals surface area contributed by atoms with Gasteiger partial charge in [0, 0.05) is 19.3 Å². The Morgan fingerprint density at radius 2 is 2.35 bits per heavy atom. The van der Waals surface area contributed by atoms with Gasteiger partial charge in [0.25, 0.3) is 0 Å². The van der Waals surface area contributed by atoms with Crippen LogP contribution in [0.1, 0.15) is 18.5 Å². The van der Waals surface area contributed by atoms with E-state index < -0.39 is 9.84 Å². The molecule has 1 aliphatic rings. The van der Waals surface area contributed by atoms with Crippen LogP contribution in [0.4, 0.5) is 0 Å². The summed E-state index contributed by atoms with van der Waals surface area (Å²) in [5.74, 6) is 0.183. The molecule has 7 nitrogen and oxygen atoms in total. The van der Waals surface area contributed by atoms with Crippen molar-refractivity contribution >= 4 is 15.7 Å². The predicted octanol–water partition coefficient (Wildman–Crippen LogP) is -0.447. The van der Waals surface area contributed by atoms with Crippen molar-refractivity contribution in [1.29, 1.82) is 0 Å². The van der Waals surface area contributed by atoms with Crippen LogP contribution in [0.5, 0.6) is 0 Å². The molecule has 20 heavy (non-hydrogen) atoms. The number of hydrogen-bond acceptors (Lipinski definition) is 5. The van der Waals surface area contributed by atoms with Gasteiger partial charge < -0.3 is 10.6 Å². The van der Waals surface area contributed by atoms with Crippen molar-refractivity contribution in [2.75, 3.05) is 25.9 Å². The number of aromatic nitrogens is 2. The quantitative estimate of drug-likeness (QED) is 0.783. The number of rotatable bonds is 4. The number of likely N-dealkylation sites (tertiary alicyclic amines) is 1. The second kappa shape index (κ2) is 5.92. The number of aromatic amines is 1. The highest BCUT2D eigenvalue weighted by molar-refractivity contribution is 7.90. The molecule has 0 bridgehead atoms. The van der Waals surface area contributed by atoms with Crippen molar-refractivity contribution in [2.45, 2.75) is 24.2 Å². The lowest BCUT2D eigenvalue weighted by Crippen LogP contribution is -2.43. The van der Waals surface area contributed by atoms with Gasteiger partial charge in [-0.2, -0.15) is 5.10 Å². The molecule has 0 radical (unpaired) electrons. The topological polar surface area (TPSA) is 109 Å². The van der Waals surface area contributed by atoms with E-state index in [1.807, 2.05) is 0 Å². The molecule has 0 unspecified atom stereocenters. The Hall–Kier alpha value is -1.41. The highest BCUT2D eigenvalue weighted by Gasteiger charge is 2.25. The summed E-state index contributed by atoms with van der Waals surface area (Å²) in [6.07, 6.45) is 4.98. The van der Waals surface area contributed by atoms with Crippen LogP contribution in [0.2, 0.25) is 0 Å². The molecule has 1 atom stereocenters. The third-order valence-corrected chi connectivity index (χ3v) is 4.77. The number of piperidine rings is 1. The largest absolute Gasteiger partial charge is 0.341 e. The number of hydrogen-bond donors (Lipinski definition) is 2. The Labute approximate surface area is 118 Å². The van der Waals surface area contributed by atoms with Crippen LogP contribution in [0, 0.1) is 5.92 Å². The normalized spacial score (nSPS) is 20.1. The van der Waals surface area contributed by atoms with Crippen LogP contribution in [-0.4, -0.2) is 55.3 Å². The van der Waals surface area contributed by atoms with Crippen LogP contribution in [0.25, 0.3) is 0 Å². The predicted molar refractivity (Wildman–Crippen MR) is 73.8 cm³/mol. The van der Waals surface area contributed by atoms with Gasteiger partial charge in [-0.3, -0.25) is 9.89 Å². The maximum Gasteiger partial charge on any atom is 0.236 e. The molecule has 112 valence electrons. The van der Waals surface area contributed by atoms with E-state index in [2.05, 4.69) is 10.2 Å². The van der Waals surface area contributed by atoms with E-state index in [1.165, 1.54) is 12.5 Å². The van der Waals surface area contributed by atoms with E-state index >= 15 is 0 Å². The summed E-state index contributed by atoms with van der Waals surface area (Å²) in [4.78, 5) is 13.6. The second-order valence-electron chi connectivity index (χ2n) is 5.24. The molecule has 0 aliphatic carbocycles. The first-order chi connectivity index (χ1) is 9.41. The maximum atomic E-state index is 11.6. The van der Waals surface area contributed by atoms with E-state index in [4.69, 9.17) is 5.73 Å². The zero-order valence-corrected chi connectivity index (χ0v) is 12.3. The van der Waals surface area contributed by atoms with E-state index in [0.29, 0.717) is 18.7 Å². The highest BCUT2D eigenvalue weighted by Crippen LogP contribution is 2.23. The van der Waals surface area contributed by atoms with Crippen LogP contribution in [-0.2, 0) is 21.1 Å². The summed E-state index contributed by atoms with van der Waals surface area (Å²) in [7, 11) is -3.27. The van der Waals surface area contributed by atoms with Gasteiger partial charge in [-0.05, 0) is 25.2 Å². The highest BCUT2D eigenvalue weighted by atomic mass is 32.2. The van der Waals surface area contributed by atoms with E-state index in [-0.39, 0.29) is 23.3 Å². The summed E-state index contributed by atoms with van der Waals surface area (Å²) < 4.78 is 23.3. The lowest BCUT2D eigenvalue weighted by atomic mass is 9.93. The molecule has 1 amide bonds. The molecule has 2 heterocycles. The molecular formula is C12H20N4O3S. The fourth-order valence-electron chi connectivity index (χ4n) is 2.64. The van der Waals surface area contributed by atoms with Gasteiger partial charge in [0.2, 0.25) is 5.91 Å². The van der Waals surface area contributed by atoms with Gasteiger partial charge in [0.1, 0.15) is 4.90 Å². The van der Waals surface area contributed by atoms with Gasteiger partial charge in [0.05, 0.1) is 18.4 Å². The smallest absolute Gasteiger partial charge is 0.236 e. The Kier molecular flexibility index (Phi) is 4.44. The van der Waals surface area contributed by atoms with Crippen LogP contribution < -0.4 is 5.73 Å². The zero-order chi connectivity index (χ0) is 14.8. The van der Waals surface area contributed by atoms with Crippen LogP contribution >= 0.6 is 0 Å². The van der Waals surface area contributed by atoms with Gasteiger partial charge in [-0.15, -0.1) is 0 Å². The monoisotopic (exact) mass is 300 g/mol. The number of H-pyrrole nitrogens is 1. The second-order valence-corrected chi connectivity index (χ2v) is 7.23. The van der Waals surface area contributed by atoms with Gasteiger partial charge >= 0.3 is 0 Å². The number of amides is 1. The van der Waals surface area contributed by atoms with Crippen LogP contribution in [0.15, 0.2) is 11.1 Å². The van der Waals surface area contributed by atoms with Crippen molar-refractivity contribution in [3.63, 3.8) is 0 Å². The van der Waals surface area contributed by atoms with E-state index in [1.54, 1.807) is 4.90 Å². The van der Waals surface area contributed by atoms with Gasteiger partial charge in [0.15, 0.2) is 9.84 Å². The number of carbonyl (C=O) groups excluding carboxylic acids is 1. The van der Waals surface area contributed by atoms with E-state index in [9.17, 15) is 13.2 Å². The Morgan fingerprint density at radius 1 is 1.60 bits per heavy atom. The standard InChI is InChI=1S/C12H20N4O3S/c1-20(18,19)11-7-14-15-10(11)5-9-3-2-4-16(8-9)12(17)6-13/h7,9H,2-6,8,13H2,1H3,(H,14,15)/t9-/m1/s1. The van der Waals surface area contributed by atoms with Crippen molar-refractivity contribution < 1.29 is 13.2 Å². The van der Waals surface area contributed by atoms with Crippen molar-refractivity contribution in [1.82, 2.24) is 15.1 Å². The summed E-state index contributed by atoms with van der Waals surface area (Å²) in [6.45, 7) is 1.37. The summed E-state index contributed by atoms with van der Waals surface area (Å²) in [5.41, 5.74) is 6.00. The number of nitrogens with two attached hydrogens (primary N) is 1. The Bertz CT molecular complexity index is 581. The summed E-state index contributed by atoms with van der Waals surface area (Å²) in [5, 5.41) is 6.58. The van der Waals surface area contributed by atoms with E-state index in [0.717, 1.165) is 19.4 Å². The molecular weight excluding hydrogens is 280 g/mol. The zero-order valence-electron chi connectivity index (χ0n) is 11.5. The van der Waals surface area contributed by atoms with Gasteiger partial charge in [-0.25, -0.2) is 8.42 Å². The first kappa shape index (κ1) is 15.0. The average Bonchev–Trinajstić information content (AvgIpc) is 2.86. The van der Waals surface area contributed by atoms with Crippen molar-refractivity contribution in [3.05, 3.63) is 11.9 Å². The number of nitrogens with one attached hydrogen (secondary N) is 1. The summed E-state index contributed by atoms with van der Waals surface area (Å²) >= 11 is 0. The number of carbonyl (C=O) groups is 1. The fourth-order valence-corrected chi connectivity index (χ4v) is 3.46. The molecule has 0 saturated carbocycles. The lowest BCUT2D eigenvalue weighted by Gasteiger charge is -2.32. The molecule has 1 fully saturated rings. The third kappa shape index (κ3) is 3.37. The Morgan fingerprint density at radius 3 is 3.00 bits per heavy atom. The van der Waals surface area contributed by atoms with Crippen LogP contribution in [0.3, 0.4) is 0 Å². The van der Waals surface area contributed by atoms with Crippen molar-refractivity contribution in [3.8, 4) is 0 Å². The third-order valence-electron chi connectivity index (χ3n) is 3.62. The molecule has 1 aromatic rings. The van der Waals surface area contributed by atoms with Crippen molar-refractivity contribution in [2.24, 2.45) is 11.7 Å². The molecule has 1 aromatic heterocycles.